The second-order valence-corrected chi connectivity index (χ2v) is 4.89. The summed E-state index contributed by atoms with van der Waals surface area (Å²) >= 11 is 0. The third kappa shape index (κ3) is 1.89. The minimum absolute atomic E-state index is 0.219. The zero-order valence-electron chi connectivity index (χ0n) is 16.3. The number of pyridine rings is 2. The van der Waals surface area contributed by atoms with Crippen LogP contribution in [0.4, 0.5) is 0 Å². The Balaban J connectivity index is 1.91. The molecule has 0 saturated heterocycles. The summed E-state index contributed by atoms with van der Waals surface area (Å²) in [6, 6.07) is 6.76. The highest BCUT2D eigenvalue weighted by Crippen LogP contribution is 2.32. The van der Waals surface area contributed by atoms with Crippen molar-refractivity contribution in [3.63, 3.8) is 0 Å². The molecule has 0 amide bonds. The number of fused-ring (bicyclic) bond motifs is 3. The maximum Gasteiger partial charge on any atom is 0.227 e. The minimum Gasteiger partial charge on any atom is -0.438 e. The van der Waals surface area contributed by atoms with Crippen LogP contribution in [0.5, 0.6) is 0 Å². The first-order valence-electron chi connectivity index (χ1n) is 9.02. The van der Waals surface area contributed by atoms with E-state index < -0.39 is 6.85 Å². The summed E-state index contributed by atoms with van der Waals surface area (Å²) in [5.74, 6) is 0. The van der Waals surface area contributed by atoms with Gasteiger partial charge in [0.25, 0.3) is 0 Å². The summed E-state index contributed by atoms with van der Waals surface area (Å²) in [7, 11) is 0. The number of rotatable bonds is 1. The van der Waals surface area contributed by atoms with E-state index in [9.17, 15) is 0 Å². The summed E-state index contributed by atoms with van der Waals surface area (Å²) in [6.45, 7) is -0.486. The molecule has 0 unspecified atom stereocenters. The largest absolute Gasteiger partial charge is 0.438 e. The zero-order chi connectivity index (χ0) is 18.6. The fourth-order valence-electron chi connectivity index (χ4n) is 2.47. The van der Waals surface area contributed by atoms with E-state index in [-0.39, 0.29) is 23.3 Å². The molecular weight excluding hydrogens is 260 g/mol. The summed E-state index contributed by atoms with van der Waals surface area (Å²) < 4.78 is 44.3. The maximum atomic E-state index is 8.16. The van der Waals surface area contributed by atoms with E-state index in [0.717, 1.165) is 22.5 Å². The van der Waals surface area contributed by atoms with Gasteiger partial charge in [0.15, 0.2) is 0 Å². The van der Waals surface area contributed by atoms with Crippen LogP contribution < -0.4 is 0 Å². The maximum absolute atomic E-state index is 8.16. The molecule has 0 N–H and O–H groups in total. The van der Waals surface area contributed by atoms with Gasteiger partial charge < -0.3 is 4.42 Å². The standard InChI is InChI=1S/C18H14N2O/c1-11-3-6-15(20-10-11)13-4-5-14-16(9-13)21-18-17(14)12(2)7-8-19-18/h3-10H,1-2H3/i1D3,3D,6D. The van der Waals surface area contributed by atoms with Crippen LogP contribution in [0.15, 0.2) is 53.2 Å². The topological polar surface area (TPSA) is 38.9 Å². The van der Waals surface area contributed by atoms with E-state index in [0.29, 0.717) is 16.9 Å². The summed E-state index contributed by atoms with van der Waals surface area (Å²) in [5, 5.41) is 1.85. The molecule has 0 aliphatic carbocycles. The van der Waals surface area contributed by atoms with Gasteiger partial charge in [0.05, 0.1) is 13.8 Å². The highest BCUT2D eigenvalue weighted by molar-refractivity contribution is 6.06. The Kier molecular flexibility index (Phi) is 1.67. The first kappa shape index (κ1) is 7.93. The van der Waals surface area contributed by atoms with E-state index >= 15 is 0 Å². The molecule has 3 nitrogen and oxygen atoms in total. The lowest BCUT2D eigenvalue weighted by Gasteiger charge is -2.01. The number of nitrogens with zero attached hydrogens (tertiary/aromatic N) is 2. The van der Waals surface area contributed by atoms with Gasteiger partial charge in [-0.1, -0.05) is 12.1 Å². The average Bonchev–Trinajstić information content (AvgIpc) is 2.95. The van der Waals surface area contributed by atoms with Crippen molar-refractivity contribution in [3.8, 4) is 11.3 Å². The lowest BCUT2D eigenvalue weighted by Crippen LogP contribution is -1.83. The van der Waals surface area contributed by atoms with Gasteiger partial charge in [-0.3, -0.25) is 4.98 Å². The molecule has 3 heterocycles. The molecule has 0 bridgehead atoms. The van der Waals surface area contributed by atoms with Crippen molar-refractivity contribution in [1.29, 1.82) is 0 Å². The molecule has 0 saturated carbocycles. The van der Waals surface area contributed by atoms with Gasteiger partial charge in [-0.15, -0.1) is 0 Å². The van der Waals surface area contributed by atoms with Crippen molar-refractivity contribution >= 4 is 22.1 Å². The van der Waals surface area contributed by atoms with Crippen molar-refractivity contribution < 1.29 is 11.3 Å². The van der Waals surface area contributed by atoms with E-state index in [1.807, 2.05) is 19.1 Å². The number of benzene rings is 1. The van der Waals surface area contributed by atoms with Crippen molar-refractivity contribution in [1.82, 2.24) is 9.97 Å². The number of hydrogen-bond donors (Lipinski definition) is 0. The fourth-order valence-corrected chi connectivity index (χ4v) is 2.47. The van der Waals surface area contributed by atoms with Gasteiger partial charge in [-0.05, 0) is 49.1 Å². The Morgan fingerprint density at radius 3 is 3.05 bits per heavy atom. The molecule has 0 radical (unpaired) electrons. The molecule has 3 heteroatoms. The molecule has 0 aliphatic rings. The van der Waals surface area contributed by atoms with Crippen molar-refractivity contribution in [2.75, 3.05) is 0 Å². The van der Waals surface area contributed by atoms with Crippen LogP contribution in [0.25, 0.3) is 33.3 Å². The van der Waals surface area contributed by atoms with Crippen molar-refractivity contribution in [2.24, 2.45) is 0 Å². The van der Waals surface area contributed by atoms with Crippen LogP contribution in [0.2, 0.25) is 0 Å². The molecule has 4 aromatic rings. The third-order valence-electron chi connectivity index (χ3n) is 3.49. The quantitative estimate of drug-likeness (QED) is 0.508. The van der Waals surface area contributed by atoms with Crippen LogP contribution in [0.1, 0.15) is 18.0 Å². The molecule has 1 aromatic carbocycles. The van der Waals surface area contributed by atoms with Gasteiger partial charge >= 0.3 is 0 Å². The van der Waals surface area contributed by atoms with Crippen LogP contribution in [-0.4, -0.2) is 9.97 Å². The summed E-state index contributed by atoms with van der Waals surface area (Å²) in [4.78, 5) is 8.37. The lowest BCUT2D eigenvalue weighted by atomic mass is 10.1. The predicted molar refractivity (Wildman–Crippen MR) is 84.2 cm³/mol. The molecule has 0 atom stereocenters. The van der Waals surface area contributed by atoms with Gasteiger partial charge in [0, 0.05) is 27.5 Å². The molecule has 4 rings (SSSR count). The Labute approximate surface area is 129 Å². The summed E-state index contributed by atoms with van der Waals surface area (Å²) in [6.07, 6.45) is 2.83. The van der Waals surface area contributed by atoms with E-state index in [1.165, 1.54) is 0 Å². The second-order valence-electron chi connectivity index (χ2n) is 4.89. The molecule has 0 aliphatic heterocycles. The smallest absolute Gasteiger partial charge is 0.227 e. The first-order chi connectivity index (χ1) is 12.3. The molecule has 21 heavy (non-hydrogen) atoms. The highest BCUT2D eigenvalue weighted by atomic mass is 16.3. The zero-order valence-corrected chi connectivity index (χ0v) is 11.3. The van der Waals surface area contributed by atoms with Gasteiger partial charge in [-0.2, -0.15) is 0 Å². The predicted octanol–water partition coefficient (Wildman–Crippen LogP) is 4.66. The SMILES string of the molecule is [2H]c1c(C([2H])([2H])[2H])cnc(-c2ccc3c(c2)oc2nccc(C)c23)c1[2H]. The number of aromatic nitrogens is 2. The van der Waals surface area contributed by atoms with Crippen LogP contribution in [0.3, 0.4) is 0 Å². The van der Waals surface area contributed by atoms with Crippen LogP contribution in [0, 0.1) is 13.8 Å². The fraction of sp³-hybridized carbons (Fsp3) is 0.111. The number of aryl methyl sites for hydroxylation is 2. The minimum atomic E-state index is -2.47. The molecule has 102 valence electrons. The van der Waals surface area contributed by atoms with E-state index in [1.54, 1.807) is 18.3 Å². The van der Waals surface area contributed by atoms with E-state index in [4.69, 9.17) is 11.3 Å². The summed E-state index contributed by atoms with van der Waals surface area (Å²) in [5.41, 5.74) is 2.80. The lowest BCUT2D eigenvalue weighted by molar-refractivity contribution is 0.654. The van der Waals surface area contributed by atoms with Gasteiger partial charge in [0.2, 0.25) is 5.71 Å². The second kappa shape index (κ2) is 4.42. The Morgan fingerprint density at radius 2 is 2.14 bits per heavy atom. The third-order valence-corrected chi connectivity index (χ3v) is 3.49. The highest BCUT2D eigenvalue weighted by Gasteiger charge is 2.11. The molecule has 3 aromatic heterocycles. The van der Waals surface area contributed by atoms with Crippen molar-refractivity contribution in [2.45, 2.75) is 13.8 Å². The van der Waals surface area contributed by atoms with Gasteiger partial charge in [-0.25, -0.2) is 4.98 Å². The number of hydrogen-bond acceptors (Lipinski definition) is 3. The Morgan fingerprint density at radius 1 is 1.19 bits per heavy atom. The Hall–Kier alpha value is -2.68. The van der Waals surface area contributed by atoms with Gasteiger partial charge in [0.1, 0.15) is 5.58 Å². The Bertz CT molecular complexity index is 1160. The molecule has 0 spiro atoms. The number of furan rings is 1. The van der Waals surface area contributed by atoms with E-state index in [2.05, 4.69) is 9.97 Å². The first-order valence-corrected chi connectivity index (χ1v) is 6.52. The van der Waals surface area contributed by atoms with Crippen molar-refractivity contribution in [3.05, 3.63) is 59.9 Å². The molecular formula is C18H14N2O. The average molecular weight is 279 g/mol. The van der Waals surface area contributed by atoms with Crippen LogP contribution in [-0.2, 0) is 0 Å². The monoisotopic (exact) mass is 279 g/mol. The van der Waals surface area contributed by atoms with Crippen LogP contribution >= 0.6 is 0 Å². The molecule has 0 fully saturated rings. The normalized spacial score (nSPS) is 15.4.